The number of rotatable bonds is 6. The fraction of sp³-hybridized carbons (Fsp3) is 0.211. The molecule has 0 unspecified atom stereocenters. The molecule has 25 heavy (non-hydrogen) atoms. The molecule has 0 aliphatic carbocycles. The average molecular weight is 351 g/mol. The normalized spacial score (nSPS) is 11.2. The van der Waals surface area contributed by atoms with Crippen LogP contribution in [0.25, 0.3) is 0 Å². The van der Waals surface area contributed by atoms with E-state index in [1.54, 1.807) is 22.8 Å². The quantitative estimate of drug-likeness (QED) is 0.500. The maximum absolute atomic E-state index is 4.47. The Balaban J connectivity index is 1.65. The van der Waals surface area contributed by atoms with Crippen LogP contribution in [-0.2, 0) is 5.75 Å². The van der Waals surface area contributed by atoms with Crippen LogP contribution in [0.15, 0.2) is 65.1 Å². The summed E-state index contributed by atoms with van der Waals surface area (Å²) in [5.74, 6) is 0.839. The third-order valence-electron chi connectivity index (χ3n) is 3.73. The Morgan fingerprint density at radius 1 is 1.08 bits per heavy atom. The summed E-state index contributed by atoms with van der Waals surface area (Å²) in [4.78, 5) is 2.07. The summed E-state index contributed by atoms with van der Waals surface area (Å²) in [5.41, 5.74) is 4.72. The molecule has 5 nitrogen and oxygen atoms in total. The molecular formula is C19H21N5S. The van der Waals surface area contributed by atoms with Gasteiger partial charge in [-0.1, -0.05) is 53.7 Å². The van der Waals surface area contributed by atoms with Gasteiger partial charge < -0.3 is 4.90 Å². The van der Waals surface area contributed by atoms with Crippen molar-refractivity contribution in [1.82, 2.24) is 14.9 Å². The highest BCUT2D eigenvalue weighted by atomic mass is 32.2. The summed E-state index contributed by atoms with van der Waals surface area (Å²) in [6.07, 6.45) is 3.45. The monoisotopic (exact) mass is 351 g/mol. The van der Waals surface area contributed by atoms with E-state index in [2.05, 4.69) is 63.5 Å². The van der Waals surface area contributed by atoms with E-state index in [1.807, 2.05) is 32.4 Å². The fourth-order valence-electron chi connectivity index (χ4n) is 2.21. The van der Waals surface area contributed by atoms with Gasteiger partial charge in [-0.2, -0.15) is 9.78 Å². The van der Waals surface area contributed by atoms with Crippen LogP contribution in [-0.4, -0.2) is 35.2 Å². The van der Waals surface area contributed by atoms with E-state index < -0.39 is 0 Å². The van der Waals surface area contributed by atoms with Gasteiger partial charge >= 0.3 is 0 Å². The van der Waals surface area contributed by atoms with Crippen molar-refractivity contribution < 1.29 is 0 Å². The molecule has 6 heteroatoms. The number of aryl methyl sites for hydroxylation is 1. The Morgan fingerprint density at radius 3 is 2.48 bits per heavy atom. The Kier molecular flexibility index (Phi) is 5.50. The molecule has 0 saturated heterocycles. The summed E-state index contributed by atoms with van der Waals surface area (Å²) < 4.78 is 1.71. The predicted octanol–water partition coefficient (Wildman–Crippen LogP) is 3.83. The molecule has 3 aromatic rings. The number of hydrogen-bond donors (Lipinski definition) is 0. The van der Waals surface area contributed by atoms with Crippen LogP contribution in [0.2, 0.25) is 0 Å². The Morgan fingerprint density at radius 2 is 1.80 bits per heavy atom. The first kappa shape index (κ1) is 17.2. The van der Waals surface area contributed by atoms with Crippen LogP contribution in [0.5, 0.6) is 0 Å². The van der Waals surface area contributed by atoms with Crippen molar-refractivity contribution in [3.8, 4) is 0 Å². The third-order valence-corrected chi connectivity index (χ3v) is 4.73. The third kappa shape index (κ3) is 4.70. The van der Waals surface area contributed by atoms with E-state index in [0.29, 0.717) is 0 Å². The summed E-state index contributed by atoms with van der Waals surface area (Å²) in [6, 6.07) is 16.7. The molecule has 0 saturated carbocycles. The molecule has 0 amide bonds. The van der Waals surface area contributed by atoms with Crippen LogP contribution >= 0.6 is 11.8 Å². The number of aromatic nitrogens is 3. The van der Waals surface area contributed by atoms with E-state index >= 15 is 0 Å². The molecule has 0 aliphatic heterocycles. The van der Waals surface area contributed by atoms with Crippen molar-refractivity contribution in [2.24, 2.45) is 5.10 Å². The van der Waals surface area contributed by atoms with Crippen molar-refractivity contribution in [1.29, 1.82) is 0 Å². The predicted molar refractivity (Wildman–Crippen MR) is 105 cm³/mol. The van der Waals surface area contributed by atoms with Gasteiger partial charge in [0.2, 0.25) is 5.16 Å². The lowest BCUT2D eigenvalue weighted by molar-refractivity contribution is 0.767. The van der Waals surface area contributed by atoms with Crippen LogP contribution in [0.4, 0.5) is 5.69 Å². The minimum atomic E-state index is 0.779. The number of nitrogens with zero attached hydrogens (tertiary/aromatic N) is 5. The van der Waals surface area contributed by atoms with E-state index in [9.17, 15) is 0 Å². The van der Waals surface area contributed by atoms with Crippen molar-refractivity contribution in [2.75, 3.05) is 19.0 Å². The molecule has 0 radical (unpaired) electrons. The molecule has 0 spiro atoms. The topological polar surface area (TPSA) is 46.3 Å². The standard InChI is InChI=1S/C19H21N5S/c1-15-4-6-17(7-5-15)13-25-19-22-20-14-24(19)21-12-16-8-10-18(11-9-16)23(2)3/h4-12,14H,13H2,1-3H3/b21-12+. The number of hydrogen-bond acceptors (Lipinski definition) is 5. The molecule has 1 heterocycles. The van der Waals surface area contributed by atoms with Gasteiger partial charge in [0.05, 0.1) is 6.21 Å². The van der Waals surface area contributed by atoms with Gasteiger partial charge in [-0.15, -0.1) is 10.2 Å². The lowest BCUT2D eigenvalue weighted by Gasteiger charge is -2.11. The Labute approximate surface area is 152 Å². The number of benzene rings is 2. The van der Waals surface area contributed by atoms with Gasteiger partial charge in [-0.3, -0.25) is 0 Å². The molecule has 0 fully saturated rings. The van der Waals surface area contributed by atoms with Crippen molar-refractivity contribution in [3.63, 3.8) is 0 Å². The zero-order valence-corrected chi connectivity index (χ0v) is 15.4. The Bertz CT molecular complexity index is 835. The lowest BCUT2D eigenvalue weighted by Crippen LogP contribution is -2.08. The highest BCUT2D eigenvalue weighted by Gasteiger charge is 2.04. The number of anilines is 1. The molecule has 0 aliphatic rings. The Hall–Kier alpha value is -2.60. The summed E-state index contributed by atoms with van der Waals surface area (Å²) >= 11 is 1.62. The molecule has 0 N–H and O–H groups in total. The van der Waals surface area contributed by atoms with Crippen molar-refractivity contribution in [2.45, 2.75) is 17.8 Å². The maximum atomic E-state index is 4.47. The largest absolute Gasteiger partial charge is 0.378 e. The van der Waals surface area contributed by atoms with Crippen LogP contribution in [0.3, 0.4) is 0 Å². The first-order valence-electron chi connectivity index (χ1n) is 8.02. The second kappa shape index (κ2) is 7.98. The van der Waals surface area contributed by atoms with Crippen molar-refractivity contribution >= 4 is 23.7 Å². The zero-order valence-electron chi connectivity index (χ0n) is 14.6. The molecular weight excluding hydrogens is 330 g/mol. The number of thioether (sulfide) groups is 1. The van der Waals surface area contributed by atoms with Gasteiger partial charge in [0, 0.05) is 25.5 Å². The minimum absolute atomic E-state index is 0.779. The van der Waals surface area contributed by atoms with E-state index in [1.165, 1.54) is 11.1 Å². The van der Waals surface area contributed by atoms with E-state index in [-0.39, 0.29) is 0 Å². The average Bonchev–Trinajstić information content (AvgIpc) is 3.07. The molecule has 2 aromatic carbocycles. The second-order valence-electron chi connectivity index (χ2n) is 5.96. The maximum Gasteiger partial charge on any atom is 0.212 e. The van der Waals surface area contributed by atoms with Gasteiger partial charge in [0.15, 0.2) is 0 Å². The van der Waals surface area contributed by atoms with Crippen molar-refractivity contribution in [3.05, 3.63) is 71.5 Å². The first-order chi connectivity index (χ1) is 12.1. The summed E-state index contributed by atoms with van der Waals surface area (Å²) in [5, 5.41) is 13.4. The minimum Gasteiger partial charge on any atom is -0.378 e. The van der Waals surface area contributed by atoms with Gasteiger partial charge in [0.1, 0.15) is 6.33 Å². The van der Waals surface area contributed by atoms with E-state index in [0.717, 1.165) is 22.2 Å². The van der Waals surface area contributed by atoms with E-state index in [4.69, 9.17) is 0 Å². The highest BCUT2D eigenvalue weighted by molar-refractivity contribution is 7.98. The highest BCUT2D eigenvalue weighted by Crippen LogP contribution is 2.20. The summed E-state index contributed by atoms with van der Waals surface area (Å²) in [7, 11) is 4.05. The zero-order chi connectivity index (χ0) is 17.6. The SMILES string of the molecule is Cc1ccc(CSc2nncn2/N=C/c2ccc(N(C)C)cc2)cc1. The molecule has 3 rings (SSSR count). The molecule has 0 atom stereocenters. The van der Waals surface area contributed by atoms with Crippen LogP contribution < -0.4 is 4.90 Å². The lowest BCUT2D eigenvalue weighted by atomic mass is 10.2. The smallest absolute Gasteiger partial charge is 0.212 e. The van der Waals surface area contributed by atoms with Gasteiger partial charge in [0.25, 0.3) is 0 Å². The molecule has 128 valence electrons. The van der Waals surface area contributed by atoms with Crippen LogP contribution in [0, 0.1) is 6.92 Å². The van der Waals surface area contributed by atoms with Crippen LogP contribution in [0.1, 0.15) is 16.7 Å². The fourth-order valence-corrected chi connectivity index (χ4v) is 3.03. The first-order valence-corrected chi connectivity index (χ1v) is 9.00. The second-order valence-corrected chi connectivity index (χ2v) is 6.91. The summed E-state index contributed by atoms with van der Waals surface area (Å²) in [6.45, 7) is 2.09. The molecule has 0 bridgehead atoms. The molecule has 1 aromatic heterocycles. The van der Waals surface area contributed by atoms with Gasteiger partial charge in [-0.25, -0.2) is 0 Å². The van der Waals surface area contributed by atoms with Gasteiger partial charge in [-0.05, 0) is 30.2 Å².